The van der Waals surface area contributed by atoms with Crippen LogP contribution < -0.4 is 14.8 Å². The summed E-state index contributed by atoms with van der Waals surface area (Å²) in [5.41, 5.74) is 2.64. The lowest BCUT2D eigenvalue weighted by molar-refractivity contribution is 0.103. The maximum absolute atomic E-state index is 12.5. The molecule has 6 heteroatoms. The minimum atomic E-state index is -0.170. The molecule has 0 atom stereocenters. The summed E-state index contributed by atoms with van der Waals surface area (Å²) in [5, 5.41) is 5.48. The maximum Gasteiger partial charge on any atom is 0.265 e. The first-order valence-corrected chi connectivity index (χ1v) is 9.22. The highest BCUT2D eigenvalue weighted by molar-refractivity contribution is 7.12. The average Bonchev–Trinajstić information content (AvgIpc) is 3.11. The highest BCUT2D eigenvalue weighted by Gasteiger charge is 2.13. The number of methoxy groups -OCH3 is 1. The number of anilines is 1. The molecular weight excluding hydrogens is 370 g/mol. The van der Waals surface area contributed by atoms with Crippen molar-refractivity contribution in [2.75, 3.05) is 12.4 Å². The highest BCUT2D eigenvalue weighted by Crippen LogP contribution is 2.27. The van der Waals surface area contributed by atoms with Gasteiger partial charge in [-0.2, -0.15) is 0 Å². The molecular formula is C20H18ClNO3S. The van der Waals surface area contributed by atoms with E-state index in [-0.39, 0.29) is 5.91 Å². The molecule has 0 aliphatic heterocycles. The number of ether oxygens (including phenoxy) is 2. The third-order valence-corrected chi connectivity index (χ3v) is 4.93. The Bertz CT molecular complexity index is 906. The van der Waals surface area contributed by atoms with Crippen molar-refractivity contribution in [1.29, 1.82) is 0 Å². The monoisotopic (exact) mass is 387 g/mol. The normalized spacial score (nSPS) is 10.4. The molecule has 26 heavy (non-hydrogen) atoms. The van der Waals surface area contributed by atoms with Crippen LogP contribution in [0.3, 0.4) is 0 Å². The van der Waals surface area contributed by atoms with Crippen molar-refractivity contribution < 1.29 is 14.3 Å². The Morgan fingerprint density at radius 3 is 2.65 bits per heavy atom. The van der Waals surface area contributed by atoms with Crippen molar-refractivity contribution in [2.24, 2.45) is 0 Å². The van der Waals surface area contributed by atoms with Crippen LogP contribution in [-0.4, -0.2) is 13.0 Å². The van der Waals surface area contributed by atoms with Gasteiger partial charge in [-0.25, -0.2) is 0 Å². The molecule has 0 bridgehead atoms. The molecule has 0 unspecified atom stereocenters. The van der Waals surface area contributed by atoms with Gasteiger partial charge in [-0.1, -0.05) is 17.7 Å². The minimum absolute atomic E-state index is 0.170. The van der Waals surface area contributed by atoms with Gasteiger partial charge in [0, 0.05) is 10.6 Å². The van der Waals surface area contributed by atoms with Gasteiger partial charge in [0.2, 0.25) is 0 Å². The number of rotatable bonds is 6. The molecule has 0 saturated carbocycles. The molecule has 2 aromatic carbocycles. The molecule has 1 heterocycles. The van der Waals surface area contributed by atoms with E-state index in [4.69, 9.17) is 21.1 Å². The summed E-state index contributed by atoms with van der Waals surface area (Å²) in [6.45, 7) is 2.35. The summed E-state index contributed by atoms with van der Waals surface area (Å²) in [4.78, 5) is 13.1. The van der Waals surface area contributed by atoms with E-state index in [9.17, 15) is 4.79 Å². The van der Waals surface area contributed by atoms with Gasteiger partial charge in [0.1, 0.15) is 18.1 Å². The van der Waals surface area contributed by atoms with E-state index in [0.717, 1.165) is 16.9 Å². The zero-order chi connectivity index (χ0) is 18.5. The topological polar surface area (TPSA) is 47.6 Å². The molecule has 3 rings (SSSR count). The Kier molecular flexibility index (Phi) is 5.81. The van der Waals surface area contributed by atoms with E-state index in [1.807, 2.05) is 48.7 Å². The summed E-state index contributed by atoms with van der Waals surface area (Å²) in [6.07, 6.45) is 0. The van der Waals surface area contributed by atoms with Gasteiger partial charge in [0.05, 0.1) is 17.7 Å². The first kappa shape index (κ1) is 18.3. The van der Waals surface area contributed by atoms with Crippen molar-refractivity contribution in [2.45, 2.75) is 13.5 Å². The molecule has 0 aliphatic carbocycles. The molecule has 0 fully saturated rings. The fourth-order valence-electron chi connectivity index (χ4n) is 2.37. The first-order valence-electron chi connectivity index (χ1n) is 7.97. The van der Waals surface area contributed by atoms with Gasteiger partial charge >= 0.3 is 0 Å². The Labute approximate surface area is 161 Å². The predicted octanol–water partition coefficient (Wildman–Crippen LogP) is 5.55. The van der Waals surface area contributed by atoms with E-state index in [0.29, 0.717) is 27.9 Å². The van der Waals surface area contributed by atoms with Crippen molar-refractivity contribution in [1.82, 2.24) is 0 Å². The van der Waals surface area contributed by atoms with Gasteiger partial charge < -0.3 is 14.8 Å². The Hall–Kier alpha value is -2.50. The standard InChI is InChI=1S/C20H18ClNO3S/c1-13-3-8-18(24-2)17(9-13)22-20(23)19-10-14(12-26-19)11-25-16-6-4-15(21)5-7-16/h3-10,12H,11H2,1-2H3,(H,22,23). The summed E-state index contributed by atoms with van der Waals surface area (Å²) >= 11 is 7.24. The lowest BCUT2D eigenvalue weighted by Crippen LogP contribution is -2.11. The number of hydrogen-bond acceptors (Lipinski definition) is 4. The number of hydrogen-bond donors (Lipinski definition) is 1. The van der Waals surface area contributed by atoms with E-state index >= 15 is 0 Å². The Morgan fingerprint density at radius 2 is 1.92 bits per heavy atom. The Morgan fingerprint density at radius 1 is 1.15 bits per heavy atom. The largest absolute Gasteiger partial charge is 0.495 e. The molecule has 3 aromatic rings. The summed E-state index contributed by atoms with van der Waals surface area (Å²) in [5.74, 6) is 1.19. The average molecular weight is 388 g/mol. The van der Waals surface area contributed by atoms with Crippen LogP contribution in [0.4, 0.5) is 5.69 Å². The van der Waals surface area contributed by atoms with Gasteiger partial charge in [0.15, 0.2) is 0 Å². The van der Waals surface area contributed by atoms with Crippen LogP contribution in [0.5, 0.6) is 11.5 Å². The van der Waals surface area contributed by atoms with Gasteiger partial charge in [-0.05, 0) is 60.3 Å². The van der Waals surface area contributed by atoms with Crippen molar-refractivity contribution in [3.63, 3.8) is 0 Å². The van der Waals surface area contributed by atoms with Crippen molar-refractivity contribution in [3.05, 3.63) is 74.9 Å². The van der Waals surface area contributed by atoms with Crippen LogP contribution in [0.2, 0.25) is 5.02 Å². The van der Waals surface area contributed by atoms with Gasteiger partial charge in [-0.3, -0.25) is 4.79 Å². The first-order chi connectivity index (χ1) is 12.5. The van der Waals surface area contributed by atoms with Gasteiger partial charge in [-0.15, -0.1) is 11.3 Å². The number of amides is 1. The molecule has 0 radical (unpaired) electrons. The number of carbonyl (C=O) groups excluding carboxylic acids is 1. The lowest BCUT2D eigenvalue weighted by atomic mass is 10.2. The fourth-order valence-corrected chi connectivity index (χ4v) is 3.29. The van der Waals surface area contributed by atoms with Crippen LogP contribution >= 0.6 is 22.9 Å². The summed E-state index contributed by atoms with van der Waals surface area (Å²) in [7, 11) is 1.58. The molecule has 0 saturated heterocycles. The smallest absolute Gasteiger partial charge is 0.265 e. The quantitative estimate of drug-likeness (QED) is 0.603. The van der Waals surface area contributed by atoms with Crippen LogP contribution in [-0.2, 0) is 6.61 Å². The molecule has 4 nitrogen and oxygen atoms in total. The van der Waals surface area contributed by atoms with Gasteiger partial charge in [0.25, 0.3) is 5.91 Å². The molecule has 0 aliphatic rings. The fraction of sp³-hybridized carbons (Fsp3) is 0.150. The number of benzene rings is 2. The second-order valence-electron chi connectivity index (χ2n) is 5.72. The number of halogens is 1. The zero-order valence-electron chi connectivity index (χ0n) is 14.4. The zero-order valence-corrected chi connectivity index (χ0v) is 16.0. The SMILES string of the molecule is COc1ccc(C)cc1NC(=O)c1cc(COc2ccc(Cl)cc2)cs1. The number of aryl methyl sites for hydroxylation is 1. The molecule has 1 amide bonds. The maximum atomic E-state index is 12.5. The minimum Gasteiger partial charge on any atom is -0.495 e. The van der Waals surface area contributed by atoms with Crippen LogP contribution in [0.15, 0.2) is 53.9 Å². The third kappa shape index (κ3) is 4.56. The number of carbonyl (C=O) groups is 1. The molecule has 1 aromatic heterocycles. The third-order valence-electron chi connectivity index (χ3n) is 3.70. The molecule has 1 N–H and O–H groups in total. The van der Waals surface area contributed by atoms with Crippen LogP contribution in [0, 0.1) is 6.92 Å². The van der Waals surface area contributed by atoms with Crippen molar-refractivity contribution >= 4 is 34.5 Å². The van der Waals surface area contributed by atoms with Crippen LogP contribution in [0.25, 0.3) is 0 Å². The summed E-state index contributed by atoms with van der Waals surface area (Å²) < 4.78 is 11.0. The van der Waals surface area contributed by atoms with E-state index in [2.05, 4.69) is 5.32 Å². The highest BCUT2D eigenvalue weighted by atomic mass is 35.5. The lowest BCUT2D eigenvalue weighted by Gasteiger charge is -2.10. The predicted molar refractivity (Wildman–Crippen MR) is 106 cm³/mol. The number of thiophene rings is 1. The molecule has 134 valence electrons. The second-order valence-corrected chi connectivity index (χ2v) is 7.07. The van der Waals surface area contributed by atoms with Crippen LogP contribution in [0.1, 0.15) is 20.8 Å². The molecule has 0 spiro atoms. The van der Waals surface area contributed by atoms with E-state index in [1.54, 1.807) is 19.2 Å². The number of nitrogens with one attached hydrogen (secondary N) is 1. The van der Waals surface area contributed by atoms with E-state index in [1.165, 1.54) is 11.3 Å². The second kappa shape index (κ2) is 8.25. The van der Waals surface area contributed by atoms with Crippen molar-refractivity contribution in [3.8, 4) is 11.5 Å². The Balaban J connectivity index is 1.64. The van der Waals surface area contributed by atoms with E-state index < -0.39 is 0 Å². The summed E-state index contributed by atoms with van der Waals surface area (Å²) in [6, 6.07) is 14.7.